The summed E-state index contributed by atoms with van der Waals surface area (Å²) in [6, 6.07) is 11.7. The quantitative estimate of drug-likeness (QED) is 0.818. The minimum Gasteiger partial charge on any atom is -0.505 e. The molecule has 25 heavy (non-hydrogen) atoms. The molecule has 1 aliphatic heterocycles. The fraction of sp³-hybridized carbons (Fsp3) is 0.316. The second-order valence-electron chi connectivity index (χ2n) is 5.87. The fourth-order valence-corrected chi connectivity index (χ4v) is 3.46. The zero-order chi connectivity index (χ0) is 17.8. The van der Waals surface area contributed by atoms with Gasteiger partial charge in [-0.25, -0.2) is 0 Å². The number of nitrogens with zero attached hydrogens (tertiary/aromatic N) is 1. The summed E-state index contributed by atoms with van der Waals surface area (Å²) in [5.74, 6) is 0.0206. The second-order valence-corrected chi connectivity index (χ2v) is 6.75. The number of phenols is 1. The number of phenolic OH excluding ortho intramolecular Hbond substituents is 1. The Morgan fingerprint density at radius 3 is 2.68 bits per heavy atom. The number of aromatic hydroxyl groups is 1. The summed E-state index contributed by atoms with van der Waals surface area (Å²) in [5, 5.41) is 13.8. The van der Waals surface area contributed by atoms with Crippen molar-refractivity contribution in [1.82, 2.24) is 0 Å². The van der Waals surface area contributed by atoms with Crippen molar-refractivity contribution in [2.75, 3.05) is 42.8 Å². The predicted octanol–water partition coefficient (Wildman–Crippen LogP) is 3.58. The molecule has 132 valence electrons. The average Bonchev–Trinajstić information content (AvgIpc) is 2.62. The van der Waals surface area contributed by atoms with Crippen molar-refractivity contribution in [3.8, 4) is 16.9 Å². The molecule has 1 amide bonds. The first-order chi connectivity index (χ1) is 12.1. The van der Waals surface area contributed by atoms with E-state index in [9.17, 15) is 9.90 Å². The van der Waals surface area contributed by atoms with Crippen molar-refractivity contribution in [2.45, 2.75) is 11.8 Å². The summed E-state index contributed by atoms with van der Waals surface area (Å²) >= 11 is 1.64. The molecule has 1 saturated heterocycles. The highest BCUT2D eigenvalue weighted by molar-refractivity contribution is 7.98. The van der Waals surface area contributed by atoms with Gasteiger partial charge in [-0.1, -0.05) is 12.1 Å². The highest BCUT2D eigenvalue weighted by atomic mass is 32.2. The van der Waals surface area contributed by atoms with Gasteiger partial charge in [-0.15, -0.1) is 11.8 Å². The largest absolute Gasteiger partial charge is 0.505 e. The molecule has 2 N–H and O–H groups in total. The van der Waals surface area contributed by atoms with Crippen molar-refractivity contribution in [3.05, 3.63) is 36.4 Å². The third-order valence-corrected chi connectivity index (χ3v) is 4.90. The number of carbonyl (C=O) groups excluding carboxylic acids is 1. The Bertz CT molecular complexity index is 773. The first-order valence-corrected chi connectivity index (χ1v) is 9.43. The zero-order valence-corrected chi connectivity index (χ0v) is 15.2. The van der Waals surface area contributed by atoms with Gasteiger partial charge in [0.05, 0.1) is 24.6 Å². The molecule has 0 unspecified atom stereocenters. The molecular weight excluding hydrogens is 336 g/mol. The number of carbonyl (C=O) groups is 1. The number of thioether (sulfide) groups is 1. The van der Waals surface area contributed by atoms with Gasteiger partial charge < -0.3 is 20.1 Å². The maximum Gasteiger partial charge on any atom is 0.221 e. The number of hydrogen-bond donors (Lipinski definition) is 2. The number of amides is 1. The van der Waals surface area contributed by atoms with Gasteiger partial charge in [-0.3, -0.25) is 4.79 Å². The molecule has 5 nitrogen and oxygen atoms in total. The lowest BCUT2D eigenvalue weighted by molar-refractivity contribution is -0.114. The van der Waals surface area contributed by atoms with Gasteiger partial charge in [0, 0.05) is 30.5 Å². The standard InChI is InChI=1S/C19H22N2O3S/c1-13(22)20-16-6-7-17(21-8-10-24-11-9-21)19(23)18(16)14-4-3-5-15(12-14)25-2/h3-7,12,23H,8-11H2,1-2H3,(H,20,22). The van der Waals surface area contributed by atoms with Crippen LogP contribution in [-0.2, 0) is 9.53 Å². The lowest BCUT2D eigenvalue weighted by Gasteiger charge is -2.30. The van der Waals surface area contributed by atoms with Crippen LogP contribution >= 0.6 is 11.8 Å². The molecule has 2 aromatic carbocycles. The molecule has 2 aromatic rings. The molecule has 3 rings (SSSR count). The molecule has 0 aromatic heterocycles. The second kappa shape index (κ2) is 7.80. The van der Waals surface area contributed by atoms with Crippen LogP contribution in [0.3, 0.4) is 0 Å². The van der Waals surface area contributed by atoms with Crippen LogP contribution in [0.5, 0.6) is 5.75 Å². The molecular formula is C19H22N2O3S. The van der Waals surface area contributed by atoms with Crippen molar-refractivity contribution in [3.63, 3.8) is 0 Å². The summed E-state index contributed by atoms with van der Waals surface area (Å²) in [7, 11) is 0. The van der Waals surface area contributed by atoms with E-state index < -0.39 is 0 Å². The Morgan fingerprint density at radius 2 is 2.00 bits per heavy atom. The smallest absolute Gasteiger partial charge is 0.221 e. The number of ether oxygens (including phenoxy) is 1. The van der Waals surface area contributed by atoms with E-state index in [1.807, 2.05) is 42.7 Å². The van der Waals surface area contributed by atoms with Gasteiger partial charge in [0.1, 0.15) is 5.75 Å². The molecule has 6 heteroatoms. The topological polar surface area (TPSA) is 61.8 Å². The molecule has 0 aliphatic carbocycles. The third kappa shape index (κ3) is 3.91. The van der Waals surface area contributed by atoms with Crippen LogP contribution in [0.25, 0.3) is 11.1 Å². The van der Waals surface area contributed by atoms with Crippen LogP contribution in [0.15, 0.2) is 41.3 Å². The maximum atomic E-state index is 11.6. The number of rotatable bonds is 4. The highest BCUT2D eigenvalue weighted by Gasteiger charge is 2.21. The van der Waals surface area contributed by atoms with Crippen LogP contribution in [0, 0.1) is 0 Å². The Balaban J connectivity index is 2.12. The molecule has 1 fully saturated rings. The molecule has 0 spiro atoms. The van der Waals surface area contributed by atoms with E-state index in [1.54, 1.807) is 11.8 Å². The van der Waals surface area contributed by atoms with Gasteiger partial charge >= 0.3 is 0 Å². The van der Waals surface area contributed by atoms with E-state index >= 15 is 0 Å². The predicted molar refractivity (Wildman–Crippen MR) is 103 cm³/mol. The molecule has 1 heterocycles. The fourth-order valence-electron chi connectivity index (χ4n) is 3.00. The van der Waals surface area contributed by atoms with E-state index in [4.69, 9.17) is 4.74 Å². The molecule has 0 bridgehead atoms. The summed E-state index contributed by atoms with van der Waals surface area (Å²) < 4.78 is 5.40. The maximum absolute atomic E-state index is 11.6. The number of benzene rings is 2. The summed E-state index contributed by atoms with van der Waals surface area (Å²) in [5.41, 5.74) is 2.90. The SMILES string of the molecule is CSc1cccc(-c2c(NC(C)=O)ccc(N3CCOCC3)c2O)c1. The van der Waals surface area contributed by atoms with E-state index in [-0.39, 0.29) is 11.7 Å². The Kier molecular flexibility index (Phi) is 5.50. The van der Waals surface area contributed by atoms with Crippen LogP contribution < -0.4 is 10.2 Å². The molecule has 0 atom stereocenters. The first kappa shape index (κ1) is 17.6. The van der Waals surface area contributed by atoms with E-state index in [0.29, 0.717) is 24.5 Å². The Morgan fingerprint density at radius 1 is 1.24 bits per heavy atom. The molecule has 1 aliphatic rings. The van der Waals surface area contributed by atoms with Crippen molar-refractivity contribution < 1.29 is 14.6 Å². The van der Waals surface area contributed by atoms with Crippen molar-refractivity contribution in [2.24, 2.45) is 0 Å². The van der Waals surface area contributed by atoms with Gasteiger partial charge in [0.2, 0.25) is 5.91 Å². The van der Waals surface area contributed by atoms with Crippen LogP contribution in [0.1, 0.15) is 6.92 Å². The number of anilines is 2. The lowest BCUT2D eigenvalue weighted by Crippen LogP contribution is -2.36. The Hall–Kier alpha value is -2.18. The minimum atomic E-state index is -0.166. The number of morpholine rings is 1. The summed E-state index contributed by atoms with van der Waals surface area (Å²) in [6.07, 6.45) is 2.01. The lowest BCUT2D eigenvalue weighted by atomic mass is 10.0. The van der Waals surface area contributed by atoms with Crippen LogP contribution in [-0.4, -0.2) is 43.6 Å². The Labute approximate surface area is 152 Å². The van der Waals surface area contributed by atoms with Gasteiger partial charge in [0.25, 0.3) is 0 Å². The highest BCUT2D eigenvalue weighted by Crippen LogP contribution is 2.43. The van der Waals surface area contributed by atoms with E-state index in [1.165, 1.54) is 6.92 Å². The number of nitrogens with one attached hydrogen (secondary N) is 1. The van der Waals surface area contributed by atoms with Gasteiger partial charge in [-0.05, 0) is 36.1 Å². The van der Waals surface area contributed by atoms with Crippen LogP contribution in [0.2, 0.25) is 0 Å². The molecule has 0 radical (unpaired) electrons. The van der Waals surface area contributed by atoms with Gasteiger partial charge in [0.15, 0.2) is 0 Å². The monoisotopic (exact) mass is 358 g/mol. The van der Waals surface area contributed by atoms with Gasteiger partial charge in [-0.2, -0.15) is 0 Å². The minimum absolute atomic E-state index is 0.166. The van der Waals surface area contributed by atoms with E-state index in [2.05, 4.69) is 10.2 Å². The number of hydrogen-bond acceptors (Lipinski definition) is 5. The average molecular weight is 358 g/mol. The first-order valence-electron chi connectivity index (χ1n) is 8.21. The van der Waals surface area contributed by atoms with Crippen molar-refractivity contribution in [1.29, 1.82) is 0 Å². The third-order valence-electron chi connectivity index (χ3n) is 4.18. The zero-order valence-electron chi connectivity index (χ0n) is 14.4. The van der Waals surface area contributed by atoms with Crippen molar-refractivity contribution >= 4 is 29.0 Å². The normalized spacial score (nSPS) is 14.4. The van der Waals surface area contributed by atoms with Crippen LogP contribution in [0.4, 0.5) is 11.4 Å². The summed E-state index contributed by atoms with van der Waals surface area (Å²) in [6.45, 7) is 4.22. The van der Waals surface area contributed by atoms with E-state index in [0.717, 1.165) is 29.2 Å². The molecule has 0 saturated carbocycles. The summed E-state index contributed by atoms with van der Waals surface area (Å²) in [4.78, 5) is 14.8.